The first kappa shape index (κ1) is 23.0. The molecule has 1 aromatic heterocycles. The van der Waals surface area contributed by atoms with Crippen molar-refractivity contribution >= 4 is 0 Å². The predicted molar refractivity (Wildman–Crippen MR) is 136 cm³/mol. The third-order valence-corrected chi connectivity index (χ3v) is 7.72. The van der Waals surface area contributed by atoms with Gasteiger partial charge in [0.25, 0.3) is 0 Å². The Labute approximate surface area is 203 Å². The lowest BCUT2D eigenvalue weighted by molar-refractivity contribution is 0.138. The van der Waals surface area contributed by atoms with Crippen LogP contribution in [0.3, 0.4) is 0 Å². The van der Waals surface area contributed by atoms with E-state index in [1.807, 2.05) is 11.7 Å². The van der Waals surface area contributed by atoms with Gasteiger partial charge >= 0.3 is 0 Å². The molecule has 2 aromatic carbocycles. The van der Waals surface area contributed by atoms with Gasteiger partial charge in [-0.05, 0) is 94.2 Å². The van der Waals surface area contributed by atoms with Crippen molar-refractivity contribution in [3.05, 3.63) is 76.1 Å². The Balaban J connectivity index is 1.13. The van der Waals surface area contributed by atoms with Gasteiger partial charge in [-0.15, -0.1) is 0 Å². The first-order valence-corrected chi connectivity index (χ1v) is 12.7. The monoisotopic (exact) mass is 459 g/mol. The molecule has 0 bridgehead atoms. The Hall–Kier alpha value is -2.79. The summed E-state index contributed by atoms with van der Waals surface area (Å²) < 4.78 is 14.8. The second-order valence-electron chi connectivity index (χ2n) is 10.0. The standard InChI is InChI=1S/C29H37N3O2/c1-19-7-5-6-8-26(19)29-15-9-22-17-25(14-16-28(22)34-29)33-24-12-10-23(11-13-24)30-18-27-20(2)31-32(4)21(27)3/h5-8,14,16-17,23-24,29-30H,9-13,15,18H2,1-4H3. The van der Waals surface area contributed by atoms with E-state index in [2.05, 4.69) is 73.7 Å². The summed E-state index contributed by atoms with van der Waals surface area (Å²) in [4.78, 5) is 0. The number of rotatable bonds is 6. The highest BCUT2D eigenvalue weighted by Gasteiger charge is 2.25. The zero-order valence-electron chi connectivity index (χ0n) is 20.9. The maximum atomic E-state index is 6.41. The minimum absolute atomic E-state index is 0.141. The van der Waals surface area contributed by atoms with Gasteiger partial charge in [0.05, 0.1) is 11.8 Å². The van der Waals surface area contributed by atoms with Crippen LogP contribution in [0.25, 0.3) is 0 Å². The fraction of sp³-hybridized carbons (Fsp3) is 0.483. The Morgan fingerprint density at radius 2 is 1.82 bits per heavy atom. The zero-order valence-corrected chi connectivity index (χ0v) is 20.9. The molecular weight excluding hydrogens is 422 g/mol. The largest absolute Gasteiger partial charge is 0.490 e. The van der Waals surface area contributed by atoms with Crippen molar-refractivity contribution in [1.29, 1.82) is 0 Å². The van der Waals surface area contributed by atoms with Crippen molar-refractivity contribution in [2.24, 2.45) is 7.05 Å². The van der Waals surface area contributed by atoms with E-state index in [-0.39, 0.29) is 6.10 Å². The molecule has 1 aliphatic heterocycles. The summed E-state index contributed by atoms with van der Waals surface area (Å²) in [5, 5.41) is 8.29. The highest BCUT2D eigenvalue weighted by Crippen LogP contribution is 2.38. The van der Waals surface area contributed by atoms with E-state index < -0.39 is 0 Å². The molecule has 5 nitrogen and oxygen atoms in total. The van der Waals surface area contributed by atoms with Crippen LogP contribution in [0, 0.1) is 20.8 Å². The molecule has 0 radical (unpaired) electrons. The third kappa shape index (κ3) is 4.85. The lowest BCUT2D eigenvalue weighted by Crippen LogP contribution is -2.36. The number of ether oxygens (including phenoxy) is 2. The molecule has 34 heavy (non-hydrogen) atoms. The minimum atomic E-state index is 0.141. The Morgan fingerprint density at radius 1 is 1.03 bits per heavy atom. The van der Waals surface area contributed by atoms with Crippen LogP contribution in [-0.4, -0.2) is 21.9 Å². The molecule has 1 N–H and O–H groups in total. The van der Waals surface area contributed by atoms with Gasteiger partial charge in [-0.25, -0.2) is 0 Å². The molecule has 3 aromatic rings. The molecule has 2 aliphatic rings. The molecule has 0 spiro atoms. The quantitative estimate of drug-likeness (QED) is 0.499. The number of aryl methyl sites for hydroxylation is 4. The first-order chi connectivity index (χ1) is 16.5. The average molecular weight is 460 g/mol. The molecule has 1 aliphatic carbocycles. The molecular formula is C29H37N3O2. The van der Waals surface area contributed by atoms with Crippen molar-refractivity contribution < 1.29 is 9.47 Å². The number of fused-ring (bicyclic) bond motifs is 1. The molecule has 1 atom stereocenters. The van der Waals surface area contributed by atoms with Gasteiger partial charge in [0.15, 0.2) is 0 Å². The zero-order chi connectivity index (χ0) is 23.7. The molecule has 0 saturated heterocycles. The van der Waals surface area contributed by atoms with Gasteiger partial charge in [-0.1, -0.05) is 24.3 Å². The summed E-state index contributed by atoms with van der Waals surface area (Å²) in [6.07, 6.45) is 6.94. The van der Waals surface area contributed by atoms with E-state index in [1.54, 1.807) is 0 Å². The van der Waals surface area contributed by atoms with E-state index in [1.165, 1.54) is 27.9 Å². The second kappa shape index (κ2) is 9.83. The van der Waals surface area contributed by atoms with Crippen LogP contribution in [0.5, 0.6) is 11.5 Å². The molecule has 5 rings (SSSR count). The molecule has 0 amide bonds. The predicted octanol–water partition coefficient (Wildman–Crippen LogP) is 5.89. The Morgan fingerprint density at radius 3 is 2.56 bits per heavy atom. The highest BCUT2D eigenvalue weighted by atomic mass is 16.5. The number of hydrogen-bond acceptors (Lipinski definition) is 4. The summed E-state index contributed by atoms with van der Waals surface area (Å²) in [5.41, 5.74) is 7.58. The number of aromatic nitrogens is 2. The summed E-state index contributed by atoms with van der Waals surface area (Å²) in [6, 6.07) is 15.5. The second-order valence-corrected chi connectivity index (χ2v) is 10.0. The van der Waals surface area contributed by atoms with E-state index >= 15 is 0 Å². The van der Waals surface area contributed by atoms with E-state index in [0.29, 0.717) is 12.1 Å². The minimum Gasteiger partial charge on any atom is -0.490 e. The smallest absolute Gasteiger partial charge is 0.124 e. The summed E-state index contributed by atoms with van der Waals surface area (Å²) in [5.74, 6) is 1.98. The Bertz CT molecular complexity index is 1140. The summed E-state index contributed by atoms with van der Waals surface area (Å²) in [7, 11) is 2.02. The van der Waals surface area contributed by atoms with Crippen molar-refractivity contribution in [2.45, 2.75) is 84.1 Å². The van der Waals surface area contributed by atoms with Crippen LogP contribution in [0.1, 0.15) is 71.8 Å². The van der Waals surface area contributed by atoms with E-state index in [4.69, 9.17) is 9.47 Å². The van der Waals surface area contributed by atoms with Gasteiger partial charge in [-0.2, -0.15) is 5.10 Å². The van der Waals surface area contributed by atoms with E-state index in [9.17, 15) is 0 Å². The fourth-order valence-electron chi connectivity index (χ4n) is 5.50. The Kier molecular flexibility index (Phi) is 6.64. The number of nitrogens with zero attached hydrogens (tertiary/aromatic N) is 2. The van der Waals surface area contributed by atoms with Gasteiger partial charge < -0.3 is 14.8 Å². The lowest BCUT2D eigenvalue weighted by atomic mass is 9.92. The van der Waals surface area contributed by atoms with Crippen LogP contribution < -0.4 is 14.8 Å². The van der Waals surface area contributed by atoms with Crippen molar-refractivity contribution in [3.8, 4) is 11.5 Å². The molecule has 180 valence electrons. The average Bonchev–Trinajstić information content (AvgIpc) is 3.09. The topological polar surface area (TPSA) is 48.3 Å². The molecule has 1 saturated carbocycles. The maximum absolute atomic E-state index is 6.41. The normalized spacial score (nSPS) is 22.2. The maximum Gasteiger partial charge on any atom is 0.124 e. The highest BCUT2D eigenvalue weighted by molar-refractivity contribution is 5.43. The van der Waals surface area contributed by atoms with Crippen LogP contribution in [-0.2, 0) is 20.0 Å². The van der Waals surface area contributed by atoms with Gasteiger partial charge in [0.2, 0.25) is 0 Å². The van der Waals surface area contributed by atoms with Gasteiger partial charge in [-0.3, -0.25) is 4.68 Å². The number of hydrogen-bond donors (Lipinski definition) is 1. The summed E-state index contributed by atoms with van der Waals surface area (Å²) >= 11 is 0. The van der Waals surface area contributed by atoms with Gasteiger partial charge in [0, 0.05) is 30.9 Å². The van der Waals surface area contributed by atoms with Crippen molar-refractivity contribution in [2.75, 3.05) is 0 Å². The van der Waals surface area contributed by atoms with Crippen LogP contribution in [0.2, 0.25) is 0 Å². The van der Waals surface area contributed by atoms with Crippen LogP contribution >= 0.6 is 0 Å². The third-order valence-electron chi connectivity index (χ3n) is 7.72. The van der Waals surface area contributed by atoms with Gasteiger partial charge in [0.1, 0.15) is 17.6 Å². The van der Waals surface area contributed by atoms with Crippen molar-refractivity contribution in [1.82, 2.24) is 15.1 Å². The SMILES string of the molecule is Cc1ccccc1C1CCc2cc(OC3CCC(NCc4c(C)nn(C)c4C)CC3)ccc2O1. The number of benzene rings is 2. The molecule has 5 heteroatoms. The molecule has 1 unspecified atom stereocenters. The van der Waals surface area contributed by atoms with Crippen molar-refractivity contribution in [3.63, 3.8) is 0 Å². The lowest BCUT2D eigenvalue weighted by Gasteiger charge is -2.31. The summed E-state index contributed by atoms with van der Waals surface area (Å²) in [6.45, 7) is 7.31. The van der Waals surface area contributed by atoms with Crippen LogP contribution in [0.15, 0.2) is 42.5 Å². The number of nitrogens with one attached hydrogen (secondary N) is 1. The van der Waals surface area contributed by atoms with E-state index in [0.717, 1.165) is 62.3 Å². The molecule has 1 fully saturated rings. The fourth-order valence-corrected chi connectivity index (χ4v) is 5.50. The first-order valence-electron chi connectivity index (χ1n) is 12.7. The molecule has 2 heterocycles. The van der Waals surface area contributed by atoms with Crippen LogP contribution in [0.4, 0.5) is 0 Å².